The zero-order chi connectivity index (χ0) is 18.0. The maximum atomic E-state index is 13.2. The molecule has 0 aliphatic heterocycles. The van der Waals surface area contributed by atoms with Crippen LogP contribution < -0.4 is 0 Å². The molecule has 3 aromatic rings. The molecule has 0 saturated carbocycles. The van der Waals surface area contributed by atoms with E-state index in [-0.39, 0.29) is 5.82 Å². The summed E-state index contributed by atoms with van der Waals surface area (Å²) in [6.07, 6.45) is 2.01. The molecule has 3 rings (SSSR count). The van der Waals surface area contributed by atoms with E-state index in [1.54, 1.807) is 23.5 Å². The van der Waals surface area contributed by atoms with Crippen molar-refractivity contribution in [3.63, 3.8) is 0 Å². The lowest BCUT2D eigenvalue weighted by atomic mass is 10.0. The van der Waals surface area contributed by atoms with E-state index in [9.17, 15) is 9.60 Å². The first-order valence-corrected chi connectivity index (χ1v) is 8.80. The molecule has 2 aromatic heterocycles. The predicted octanol–water partition coefficient (Wildman–Crippen LogP) is 4.11. The largest absolute Gasteiger partial charge is 0.410 e. The average molecular weight is 358 g/mol. The van der Waals surface area contributed by atoms with Gasteiger partial charge in [-0.15, -0.1) is 11.3 Å². The summed E-state index contributed by atoms with van der Waals surface area (Å²) in [6.45, 7) is 0.868. The van der Waals surface area contributed by atoms with E-state index in [1.165, 1.54) is 17.8 Å². The zero-order valence-electron chi connectivity index (χ0n) is 14.5. The van der Waals surface area contributed by atoms with Crippen molar-refractivity contribution in [2.24, 2.45) is 5.16 Å². The zero-order valence-corrected chi connectivity index (χ0v) is 15.3. The highest BCUT2D eigenvalue weighted by Crippen LogP contribution is 2.27. The first-order chi connectivity index (χ1) is 11.9. The van der Waals surface area contributed by atoms with Crippen LogP contribution in [0.25, 0.3) is 5.00 Å². The van der Waals surface area contributed by atoms with Crippen molar-refractivity contribution in [2.45, 2.75) is 6.54 Å². The number of nitrogens with zero attached hydrogens (tertiary/aromatic N) is 3. The molecule has 0 spiro atoms. The standard InChI is InChI=1S/C19H20FN3OS/c1-23(2,3)13-16-5-4-11-22(16)19-17(10-12-25-19)18(21-24)14-6-8-15(20)9-7-14/h4-12H,13H2,1-3H3/p+1/b21-18+. The summed E-state index contributed by atoms with van der Waals surface area (Å²) in [5.41, 5.74) is 3.09. The minimum Gasteiger partial charge on any atom is -0.410 e. The number of hydrogen-bond donors (Lipinski definition) is 1. The Morgan fingerprint density at radius 1 is 1.16 bits per heavy atom. The normalized spacial score (nSPS) is 12.6. The number of thiophene rings is 1. The monoisotopic (exact) mass is 358 g/mol. The van der Waals surface area contributed by atoms with Crippen LogP contribution in [-0.2, 0) is 6.54 Å². The summed E-state index contributed by atoms with van der Waals surface area (Å²) in [5, 5.41) is 16.0. The van der Waals surface area contributed by atoms with Gasteiger partial charge < -0.3 is 14.3 Å². The number of aromatic nitrogens is 1. The Kier molecular flexibility index (Phi) is 4.74. The summed E-state index contributed by atoms with van der Waals surface area (Å²) in [7, 11) is 6.43. The number of hydrogen-bond acceptors (Lipinski definition) is 3. The second kappa shape index (κ2) is 6.82. The molecule has 1 aromatic carbocycles. The minimum atomic E-state index is -0.317. The average Bonchev–Trinajstić information content (AvgIpc) is 3.17. The van der Waals surface area contributed by atoms with Crippen LogP contribution in [0.15, 0.2) is 59.2 Å². The van der Waals surface area contributed by atoms with Crippen LogP contribution in [0.1, 0.15) is 16.8 Å². The second-order valence-corrected chi connectivity index (χ2v) is 7.81. The summed E-state index contributed by atoms with van der Waals surface area (Å²) >= 11 is 1.58. The van der Waals surface area contributed by atoms with E-state index in [1.807, 2.05) is 23.7 Å². The lowest BCUT2D eigenvalue weighted by Crippen LogP contribution is -2.34. The SMILES string of the molecule is C[N+](C)(C)Cc1cccn1-c1sccc1/C(=N/O)c1ccc(F)cc1. The quantitative estimate of drug-likeness (QED) is 0.317. The molecule has 4 nitrogen and oxygen atoms in total. The molecule has 0 aliphatic rings. The van der Waals surface area contributed by atoms with Crippen molar-refractivity contribution in [3.05, 3.63) is 76.7 Å². The fourth-order valence-corrected chi connectivity index (χ4v) is 3.69. The number of oxime groups is 1. The summed E-state index contributed by atoms with van der Waals surface area (Å²) in [4.78, 5) is 0. The molecule has 0 bridgehead atoms. The molecule has 0 fully saturated rings. The number of rotatable bonds is 5. The van der Waals surface area contributed by atoms with Gasteiger partial charge in [0.15, 0.2) is 0 Å². The van der Waals surface area contributed by atoms with Crippen molar-refractivity contribution in [3.8, 4) is 5.00 Å². The van der Waals surface area contributed by atoms with Gasteiger partial charge in [-0.3, -0.25) is 0 Å². The minimum absolute atomic E-state index is 0.317. The van der Waals surface area contributed by atoms with E-state index in [0.717, 1.165) is 21.6 Å². The van der Waals surface area contributed by atoms with Gasteiger partial charge in [-0.25, -0.2) is 4.39 Å². The molecule has 1 N–H and O–H groups in total. The van der Waals surface area contributed by atoms with Crippen molar-refractivity contribution < 1.29 is 14.1 Å². The summed E-state index contributed by atoms with van der Waals surface area (Å²) in [6, 6.07) is 12.0. The van der Waals surface area contributed by atoms with Gasteiger partial charge in [-0.1, -0.05) is 5.16 Å². The molecule has 0 saturated heterocycles. The highest BCUT2D eigenvalue weighted by atomic mass is 32.1. The Labute approximate surface area is 150 Å². The van der Waals surface area contributed by atoms with E-state index < -0.39 is 0 Å². The van der Waals surface area contributed by atoms with Crippen molar-refractivity contribution in [1.29, 1.82) is 0 Å². The topological polar surface area (TPSA) is 37.5 Å². The Bertz CT molecular complexity index is 888. The van der Waals surface area contributed by atoms with Gasteiger partial charge in [0.05, 0.1) is 26.8 Å². The predicted molar refractivity (Wildman–Crippen MR) is 99.2 cm³/mol. The van der Waals surface area contributed by atoms with E-state index in [4.69, 9.17) is 0 Å². The maximum Gasteiger partial charge on any atom is 0.123 e. The van der Waals surface area contributed by atoms with Crippen LogP contribution in [0.3, 0.4) is 0 Å². The van der Waals surface area contributed by atoms with Gasteiger partial charge >= 0.3 is 0 Å². The summed E-state index contributed by atoms with van der Waals surface area (Å²) in [5.74, 6) is -0.317. The van der Waals surface area contributed by atoms with Crippen LogP contribution in [0.4, 0.5) is 4.39 Å². The smallest absolute Gasteiger partial charge is 0.123 e. The molecule has 6 heteroatoms. The van der Waals surface area contributed by atoms with Gasteiger partial charge in [0.1, 0.15) is 23.1 Å². The molecule has 0 unspecified atom stereocenters. The summed E-state index contributed by atoms with van der Waals surface area (Å²) < 4.78 is 16.1. The van der Waals surface area contributed by atoms with Gasteiger partial charge in [-0.05, 0) is 47.8 Å². The fraction of sp³-hybridized carbons (Fsp3) is 0.211. The Morgan fingerprint density at radius 2 is 1.88 bits per heavy atom. The fourth-order valence-electron chi connectivity index (χ4n) is 2.77. The Hall–Kier alpha value is -2.44. The highest BCUT2D eigenvalue weighted by Gasteiger charge is 2.19. The molecule has 0 amide bonds. The lowest BCUT2D eigenvalue weighted by molar-refractivity contribution is -0.884. The Balaban J connectivity index is 2.04. The lowest BCUT2D eigenvalue weighted by Gasteiger charge is -2.24. The van der Waals surface area contributed by atoms with Crippen LogP contribution in [-0.4, -0.2) is 41.1 Å². The van der Waals surface area contributed by atoms with E-state index in [0.29, 0.717) is 11.3 Å². The van der Waals surface area contributed by atoms with Gasteiger partial charge in [0, 0.05) is 17.3 Å². The number of halogens is 1. The third-order valence-electron chi connectivity index (χ3n) is 3.81. The van der Waals surface area contributed by atoms with Gasteiger partial charge in [0.2, 0.25) is 0 Å². The van der Waals surface area contributed by atoms with Crippen LogP contribution >= 0.6 is 11.3 Å². The molecule has 2 heterocycles. The van der Waals surface area contributed by atoms with Gasteiger partial charge in [-0.2, -0.15) is 0 Å². The van der Waals surface area contributed by atoms with Crippen molar-refractivity contribution in [1.82, 2.24) is 4.57 Å². The second-order valence-electron chi connectivity index (χ2n) is 6.91. The van der Waals surface area contributed by atoms with Crippen molar-refractivity contribution in [2.75, 3.05) is 21.1 Å². The maximum absolute atomic E-state index is 13.2. The molecular formula is C19H21FN3OS+. The van der Waals surface area contributed by atoms with E-state index >= 15 is 0 Å². The first-order valence-electron chi connectivity index (χ1n) is 7.92. The van der Waals surface area contributed by atoms with Crippen LogP contribution in [0.2, 0.25) is 0 Å². The van der Waals surface area contributed by atoms with Gasteiger partial charge in [0.25, 0.3) is 0 Å². The third-order valence-corrected chi connectivity index (χ3v) is 4.72. The highest BCUT2D eigenvalue weighted by molar-refractivity contribution is 7.13. The molecule has 0 aliphatic carbocycles. The number of quaternary nitrogens is 1. The number of benzene rings is 1. The molecule has 0 atom stereocenters. The third kappa shape index (κ3) is 3.81. The molecule has 25 heavy (non-hydrogen) atoms. The first kappa shape index (κ1) is 17.4. The Morgan fingerprint density at radius 3 is 2.52 bits per heavy atom. The molecular weight excluding hydrogens is 337 g/mol. The van der Waals surface area contributed by atoms with Crippen molar-refractivity contribution >= 4 is 17.0 Å². The van der Waals surface area contributed by atoms with E-state index in [2.05, 4.69) is 36.9 Å². The molecule has 0 radical (unpaired) electrons. The molecule has 130 valence electrons. The van der Waals surface area contributed by atoms with Crippen LogP contribution in [0, 0.1) is 5.82 Å². The van der Waals surface area contributed by atoms with Crippen LogP contribution in [0.5, 0.6) is 0 Å².